The fourth-order valence-electron chi connectivity index (χ4n) is 2.43. The first kappa shape index (κ1) is 20.3. The van der Waals surface area contributed by atoms with E-state index in [1.165, 1.54) is 0 Å². The van der Waals surface area contributed by atoms with Crippen molar-refractivity contribution >= 4 is 23.2 Å². The van der Waals surface area contributed by atoms with Crippen LogP contribution >= 0.6 is 0 Å². The van der Waals surface area contributed by atoms with Crippen molar-refractivity contribution in [1.29, 1.82) is 0 Å². The number of benzene rings is 2. The molecule has 144 valence electrons. The van der Waals surface area contributed by atoms with E-state index in [0.717, 1.165) is 12.1 Å². The first-order chi connectivity index (χ1) is 13.1. The fourth-order valence-corrected chi connectivity index (χ4v) is 2.43. The Labute approximate surface area is 159 Å². The molecule has 0 aliphatic carbocycles. The number of ether oxygens (including phenoxy) is 2. The summed E-state index contributed by atoms with van der Waals surface area (Å²) in [5.74, 6) is 0.255. The number of rotatable bonds is 10. The minimum Gasteiger partial charge on any atom is -0.495 e. The minimum atomic E-state index is -0.224. The topological polar surface area (TPSA) is 88.7 Å². The second-order valence-electron chi connectivity index (χ2n) is 5.79. The molecule has 0 bridgehead atoms. The van der Waals surface area contributed by atoms with Crippen LogP contribution in [0.15, 0.2) is 48.5 Å². The van der Waals surface area contributed by atoms with Gasteiger partial charge in [0.1, 0.15) is 5.75 Å². The maximum absolute atomic E-state index is 12.2. The molecular formula is C20H25N3O4. The summed E-state index contributed by atoms with van der Waals surface area (Å²) >= 11 is 0. The van der Waals surface area contributed by atoms with E-state index < -0.39 is 0 Å². The molecule has 2 aromatic carbocycles. The molecule has 0 aliphatic heterocycles. The van der Waals surface area contributed by atoms with Crippen LogP contribution < -0.4 is 20.7 Å². The van der Waals surface area contributed by atoms with E-state index in [9.17, 15) is 9.59 Å². The molecule has 0 heterocycles. The quantitative estimate of drug-likeness (QED) is 0.559. The number of hydrogen-bond donors (Lipinski definition) is 3. The van der Waals surface area contributed by atoms with Crippen molar-refractivity contribution in [2.75, 3.05) is 44.5 Å². The molecule has 0 fully saturated rings. The fraction of sp³-hybridized carbons (Fsp3) is 0.300. The lowest BCUT2D eigenvalue weighted by Gasteiger charge is -2.11. The maximum atomic E-state index is 12.2. The van der Waals surface area contributed by atoms with Crippen molar-refractivity contribution in [3.63, 3.8) is 0 Å². The highest BCUT2D eigenvalue weighted by molar-refractivity contribution is 5.98. The van der Waals surface area contributed by atoms with E-state index in [4.69, 9.17) is 9.47 Å². The predicted octanol–water partition coefficient (Wildman–Crippen LogP) is 2.51. The van der Waals surface area contributed by atoms with Gasteiger partial charge in [0.25, 0.3) is 5.91 Å². The molecule has 2 rings (SSSR count). The van der Waals surface area contributed by atoms with Crippen molar-refractivity contribution < 1.29 is 19.1 Å². The SMILES string of the molecule is COCCCNC(=O)c1cccc(NC(=O)CNc2ccccc2OC)c1. The van der Waals surface area contributed by atoms with Gasteiger partial charge in [-0.25, -0.2) is 0 Å². The van der Waals surface area contributed by atoms with Gasteiger partial charge < -0.3 is 25.4 Å². The summed E-state index contributed by atoms with van der Waals surface area (Å²) in [4.78, 5) is 24.3. The van der Waals surface area contributed by atoms with Gasteiger partial charge in [-0.3, -0.25) is 9.59 Å². The van der Waals surface area contributed by atoms with Crippen LogP contribution in [0.1, 0.15) is 16.8 Å². The van der Waals surface area contributed by atoms with E-state index in [1.54, 1.807) is 38.5 Å². The Morgan fingerprint density at radius 1 is 1.04 bits per heavy atom. The van der Waals surface area contributed by atoms with E-state index in [-0.39, 0.29) is 18.4 Å². The summed E-state index contributed by atoms with van der Waals surface area (Å²) in [6, 6.07) is 14.2. The van der Waals surface area contributed by atoms with Crippen molar-refractivity contribution in [1.82, 2.24) is 5.32 Å². The standard InChI is InChI=1S/C20H25N3O4/c1-26-12-6-11-21-20(25)15-7-5-8-16(13-15)23-19(24)14-22-17-9-3-4-10-18(17)27-2/h3-5,7-10,13,22H,6,11-12,14H2,1-2H3,(H,21,25)(H,23,24). The Morgan fingerprint density at radius 2 is 1.85 bits per heavy atom. The lowest BCUT2D eigenvalue weighted by Crippen LogP contribution is -2.25. The highest BCUT2D eigenvalue weighted by Crippen LogP contribution is 2.22. The van der Waals surface area contributed by atoms with E-state index in [2.05, 4.69) is 16.0 Å². The van der Waals surface area contributed by atoms with Gasteiger partial charge in [-0.1, -0.05) is 18.2 Å². The first-order valence-corrected chi connectivity index (χ1v) is 8.68. The highest BCUT2D eigenvalue weighted by Gasteiger charge is 2.08. The minimum absolute atomic E-state index is 0.0772. The zero-order valence-electron chi connectivity index (χ0n) is 15.6. The third kappa shape index (κ3) is 6.63. The molecular weight excluding hydrogens is 346 g/mol. The summed E-state index contributed by atoms with van der Waals surface area (Å²) < 4.78 is 10.2. The average molecular weight is 371 g/mol. The number of para-hydroxylation sites is 2. The largest absolute Gasteiger partial charge is 0.495 e. The monoisotopic (exact) mass is 371 g/mol. The number of carbonyl (C=O) groups excluding carboxylic acids is 2. The zero-order chi connectivity index (χ0) is 19.5. The van der Waals surface area contributed by atoms with Crippen LogP contribution in [0.2, 0.25) is 0 Å². The molecule has 2 aromatic rings. The van der Waals surface area contributed by atoms with Crippen LogP contribution in [0.25, 0.3) is 0 Å². The number of hydrogen-bond acceptors (Lipinski definition) is 5. The maximum Gasteiger partial charge on any atom is 0.251 e. The van der Waals surface area contributed by atoms with E-state index in [0.29, 0.717) is 30.2 Å². The van der Waals surface area contributed by atoms with Gasteiger partial charge in [-0.05, 0) is 36.8 Å². The highest BCUT2D eigenvalue weighted by atomic mass is 16.5. The molecule has 0 unspecified atom stereocenters. The van der Waals surface area contributed by atoms with Crippen molar-refractivity contribution in [2.45, 2.75) is 6.42 Å². The molecule has 0 radical (unpaired) electrons. The molecule has 0 spiro atoms. The Balaban J connectivity index is 1.87. The number of amides is 2. The molecule has 0 aromatic heterocycles. The lowest BCUT2D eigenvalue weighted by atomic mass is 10.2. The summed E-state index contributed by atoms with van der Waals surface area (Å²) in [7, 11) is 3.20. The second kappa shape index (κ2) is 10.8. The van der Waals surface area contributed by atoms with Gasteiger partial charge in [0.15, 0.2) is 0 Å². The lowest BCUT2D eigenvalue weighted by molar-refractivity contribution is -0.114. The molecule has 0 saturated carbocycles. The number of anilines is 2. The predicted molar refractivity (Wildman–Crippen MR) is 105 cm³/mol. The summed E-state index contributed by atoms with van der Waals surface area (Å²) in [5, 5.41) is 8.63. The molecule has 0 aliphatic rings. The van der Waals surface area contributed by atoms with Gasteiger partial charge >= 0.3 is 0 Å². The van der Waals surface area contributed by atoms with Gasteiger partial charge in [0.05, 0.1) is 19.3 Å². The second-order valence-corrected chi connectivity index (χ2v) is 5.79. The van der Waals surface area contributed by atoms with Crippen molar-refractivity contribution in [2.24, 2.45) is 0 Å². The van der Waals surface area contributed by atoms with Crippen LogP contribution in [0.5, 0.6) is 5.75 Å². The van der Waals surface area contributed by atoms with Gasteiger partial charge in [0, 0.05) is 31.5 Å². The molecule has 7 heteroatoms. The van der Waals surface area contributed by atoms with Crippen LogP contribution in [-0.2, 0) is 9.53 Å². The zero-order valence-corrected chi connectivity index (χ0v) is 15.6. The van der Waals surface area contributed by atoms with Crippen molar-refractivity contribution in [3.8, 4) is 5.75 Å². The van der Waals surface area contributed by atoms with Gasteiger partial charge in [0.2, 0.25) is 5.91 Å². The summed E-state index contributed by atoms with van der Waals surface area (Å²) in [5.41, 5.74) is 1.79. The van der Waals surface area contributed by atoms with Crippen LogP contribution in [-0.4, -0.2) is 45.7 Å². The third-order valence-corrected chi connectivity index (χ3v) is 3.77. The molecule has 0 saturated heterocycles. The Morgan fingerprint density at radius 3 is 2.63 bits per heavy atom. The van der Waals surface area contributed by atoms with E-state index >= 15 is 0 Å². The van der Waals surface area contributed by atoms with Crippen LogP contribution in [0, 0.1) is 0 Å². The molecule has 27 heavy (non-hydrogen) atoms. The molecule has 0 atom stereocenters. The van der Waals surface area contributed by atoms with Crippen LogP contribution in [0.4, 0.5) is 11.4 Å². The van der Waals surface area contributed by atoms with Crippen LogP contribution in [0.3, 0.4) is 0 Å². The summed E-state index contributed by atoms with van der Waals surface area (Å²) in [6.07, 6.45) is 0.743. The number of methoxy groups -OCH3 is 2. The Hall–Kier alpha value is -3.06. The molecule has 3 N–H and O–H groups in total. The number of carbonyl (C=O) groups is 2. The van der Waals surface area contributed by atoms with Gasteiger partial charge in [-0.2, -0.15) is 0 Å². The molecule has 7 nitrogen and oxygen atoms in total. The van der Waals surface area contributed by atoms with E-state index in [1.807, 2.05) is 24.3 Å². The smallest absolute Gasteiger partial charge is 0.251 e. The average Bonchev–Trinajstić information content (AvgIpc) is 2.70. The van der Waals surface area contributed by atoms with Crippen molar-refractivity contribution in [3.05, 3.63) is 54.1 Å². The molecule has 2 amide bonds. The normalized spacial score (nSPS) is 10.1. The Bertz CT molecular complexity index is 764. The first-order valence-electron chi connectivity index (χ1n) is 8.68. The Kier molecular flexibility index (Phi) is 8.12. The van der Waals surface area contributed by atoms with Gasteiger partial charge in [-0.15, -0.1) is 0 Å². The third-order valence-electron chi connectivity index (χ3n) is 3.77. The summed E-state index contributed by atoms with van der Waals surface area (Å²) in [6.45, 7) is 1.20. The number of nitrogens with one attached hydrogen (secondary N) is 3.